The molecule has 0 saturated carbocycles. The molecule has 1 heterocycles. The maximum atomic E-state index is 12.9. The maximum Gasteiger partial charge on any atom is 0.281 e. The van der Waals surface area contributed by atoms with Crippen LogP contribution in [0.15, 0.2) is 12.1 Å². The number of carbonyl (C=O) groups excluding carboxylic acids is 1. The normalized spacial score (nSPS) is 19.4. The lowest BCUT2D eigenvalue weighted by Crippen LogP contribution is -2.49. The van der Waals surface area contributed by atoms with Crippen LogP contribution in [0.2, 0.25) is 0 Å². The zero-order valence-corrected chi connectivity index (χ0v) is 19.5. The van der Waals surface area contributed by atoms with E-state index in [-0.39, 0.29) is 24.4 Å². The van der Waals surface area contributed by atoms with Crippen molar-refractivity contribution >= 4 is 16.1 Å². The number of aryl methyl sites for hydroxylation is 1. The summed E-state index contributed by atoms with van der Waals surface area (Å²) in [5, 5.41) is 3.10. The van der Waals surface area contributed by atoms with Crippen molar-refractivity contribution in [1.29, 1.82) is 0 Å². The van der Waals surface area contributed by atoms with Crippen molar-refractivity contribution in [2.75, 3.05) is 34.3 Å². The standard InChI is InChI=1S/C21H35N3O4S/c1-14(2)18-12-19(15(3)11-20(18)28-7)16(4)22-21(25)17-9-8-10-24(13-17)29(26,27)23(5)6/h11-12,14,16-17H,8-10,13H2,1-7H3,(H,22,25)/t16-,17+/m0/s1. The Labute approximate surface area is 175 Å². The number of benzene rings is 1. The van der Waals surface area contributed by atoms with Gasteiger partial charge in [0.25, 0.3) is 10.2 Å². The molecule has 0 radical (unpaired) electrons. The molecule has 1 fully saturated rings. The largest absolute Gasteiger partial charge is 0.496 e. The van der Waals surface area contributed by atoms with Crippen molar-refractivity contribution in [3.63, 3.8) is 0 Å². The molecular weight excluding hydrogens is 390 g/mol. The van der Waals surface area contributed by atoms with Gasteiger partial charge in [0.1, 0.15) is 5.75 Å². The third-order valence-electron chi connectivity index (χ3n) is 5.61. The van der Waals surface area contributed by atoms with Crippen LogP contribution in [0, 0.1) is 12.8 Å². The first-order chi connectivity index (χ1) is 13.5. The number of hydrogen-bond acceptors (Lipinski definition) is 4. The van der Waals surface area contributed by atoms with Crippen LogP contribution in [0.3, 0.4) is 0 Å². The Morgan fingerprint density at radius 1 is 1.24 bits per heavy atom. The molecule has 0 bridgehead atoms. The highest BCUT2D eigenvalue weighted by atomic mass is 32.2. The van der Waals surface area contributed by atoms with Gasteiger partial charge in [-0.05, 0) is 61.4 Å². The Bertz CT molecular complexity index is 837. The topological polar surface area (TPSA) is 79.0 Å². The minimum absolute atomic E-state index is 0.0996. The number of nitrogens with zero attached hydrogens (tertiary/aromatic N) is 2. The molecular formula is C21H35N3O4S. The van der Waals surface area contributed by atoms with E-state index in [1.807, 2.05) is 19.9 Å². The summed E-state index contributed by atoms with van der Waals surface area (Å²) in [6, 6.07) is 3.94. The van der Waals surface area contributed by atoms with Gasteiger partial charge in [0, 0.05) is 27.2 Å². The van der Waals surface area contributed by atoms with E-state index in [0.717, 1.165) is 22.4 Å². The number of piperidine rings is 1. The van der Waals surface area contributed by atoms with E-state index in [9.17, 15) is 13.2 Å². The molecule has 0 aromatic heterocycles. The predicted molar refractivity (Wildman–Crippen MR) is 115 cm³/mol. The number of ether oxygens (including phenoxy) is 1. The zero-order chi connectivity index (χ0) is 21.9. The number of nitrogens with one attached hydrogen (secondary N) is 1. The highest BCUT2D eigenvalue weighted by Gasteiger charge is 2.34. The second-order valence-corrected chi connectivity index (χ2v) is 10.5. The SMILES string of the molecule is COc1cc(C)c([C@H](C)NC(=O)[C@@H]2CCCN(S(=O)(=O)N(C)C)C2)cc1C(C)C. The van der Waals surface area contributed by atoms with Crippen molar-refractivity contribution in [3.8, 4) is 5.75 Å². The smallest absolute Gasteiger partial charge is 0.281 e. The first-order valence-corrected chi connectivity index (χ1v) is 11.5. The van der Waals surface area contributed by atoms with Crippen LogP contribution >= 0.6 is 0 Å². The summed E-state index contributed by atoms with van der Waals surface area (Å²) < 4.78 is 32.9. The van der Waals surface area contributed by atoms with Gasteiger partial charge < -0.3 is 10.1 Å². The van der Waals surface area contributed by atoms with Gasteiger partial charge in [-0.3, -0.25) is 4.79 Å². The van der Waals surface area contributed by atoms with E-state index in [1.165, 1.54) is 22.7 Å². The lowest BCUT2D eigenvalue weighted by atomic mass is 9.92. The van der Waals surface area contributed by atoms with Crippen LogP contribution in [0.1, 0.15) is 62.3 Å². The third-order valence-corrected chi connectivity index (χ3v) is 7.52. The molecule has 1 aromatic rings. The number of rotatable bonds is 7. The quantitative estimate of drug-likeness (QED) is 0.729. The van der Waals surface area contributed by atoms with Gasteiger partial charge in [-0.15, -0.1) is 0 Å². The van der Waals surface area contributed by atoms with E-state index in [1.54, 1.807) is 7.11 Å². The Balaban J connectivity index is 2.15. The van der Waals surface area contributed by atoms with E-state index in [2.05, 4.69) is 25.2 Å². The highest BCUT2D eigenvalue weighted by Crippen LogP contribution is 2.32. The van der Waals surface area contributed by atoms with E-state index < -0.39 is 10.2 Å². The molecule has 7 nitrogen and oxygen atoms in total. The molecule has 1 N–H and O–H groups in total. The highest BCUT2D eigenvalue weighted by molar-refractivity contribution is 7.86. The van der Waals surface area contributed by atoms with E-state index >= 15 is 0 Å². The van der Waals surface area contributed by atoms with Crippen molar-refractivity contribution in [2.24, 2.45) is 5.92 Å². The monoisotopic (exact) mass is 425 g/mol. The van der Waals surface area contributed by atoms with E-state index in [0.29, 0.717) is 25.3 Å². The fourth-order valence-corrected chi connectivity index (χ4v) is 5.01. The second kappa shape index (κ2) is 9.45. The summed E-state index contributed by atoms with van der Waals surface area (Å²) in [5.74, 6) is 0.716. The molecule has 29 heavy (non-hydrogen) atoms. The first-order valence-electron chi connectivity index (χ1n) is 10.1. The molecule has 0 spiro atoms. The minimum Gasteiger partial charge on any atom is -0.496 e. The van der Waals surface area contributed by atoms with Crippen LogP contribution in [0.4, 0.5) is 0 Å². The minimum atomic E-state index is -3.50. The van der Waals surface area contributed by atoms with Gasteiger partial charge in [0.15, 0.2) is 0 Å². The molecule has 8 heteroatoms. The Morgan fingerprint density at radius 2 is 1.90 bits per heavy atom. The molecule has 1 aromatic carbocycles. The lowest BCUT2D eigenvalue weighted by Gasteiger charge is -2.33. The molecule has 2 atom stereocenters. The fraction of sp³-hybridized carbons (Fsp3) is 0.667. The molecule has 1 aliphatic heterocycles. The van der Waals surface area contributed by atoms with Crippen molar-refractivity contribution in [3.05, 3.63) is 28.8 Å². The average molecular weight is 426 g/mol. The summed E-state index contributed by atoms with van der Waals surface area (Å²) in [4.78, 5) is 12.9. The molecule has 0 unspecified atom stereocenters. The number of methoxy groups -OCH3 is 1. The summed E-state index contributed by atoms with van der Waals surface area (Å²) in [6.45, 7) is 8.88. The number of amides is 1. The molecule has 1 aliphatic rings. The average Bonchev–Trinajstić information content (AvgIpc) is 2.67. The van der Waals surface area contributed by atoms with E-state index in [4.69, 9.17) is 4.74 Å². The molecule has 0 aliphatic carbocycles. The van der Waals surface area contributed by atoms with Crippen molar-refractivity contribution in [2.45, 2.75) is 52.5 Å². The molecule has 164 valence electrons. The summed E-state index contributed by atoms with van der Waals surface area (Å²) >= 11 is 0. The van der Waals surface area contributed by atoms with Crippen LogP contribution < -0.4 is 10.1 Å². The van der Waals surface area contributed by atoms with Crippen LogP contribution in [0.5, 0.6) is 5.75 Å². The maximum absolute atomic E-state index is 12.9. The van der Waals surface area contributed by atoms with Gasteiger partial charge in [-0.2, -0.15) is 17.0 Å². The van der Waals surface area contributed by atoms with Gasteiger partial charge in [0.05, 0.1) is 19.1 Å². The Morgan fingerprint density at radius 3 is 2.45 bits per heavy atom. The summed E-state index contributed by atoms with van der Waals surface area (Å²) in [5.41, 5.74) is 3.21. The van der Waals surface area contributed by atoms with Crippen molar-refractivity contribution in [1.82, 2.24) is 13.9 Å². The van der Waals surface area contributed by atoms with Gasteiger partial charge in [0.2, 0.25) is 5.91 Å². The summed E-state index contributed by atoms with van der Waals surface area (Å²) in [7, 11) is 1.19. The van der Waals surface area contributed by atoms with Crippen LogP contribution in [-0.2, 0) is 15.0 Å². The second-order valence-electron chi connectivity index (χ2n) is 8.32. The Kier molecular flexibility index (Phi) is 7.70. The molecule has 1 saturated heterocycles. The number of hydrogen-bond donors (Lipinski definition) is 1. The number of carbonyl (C=O) groups is 1. The molecule has 2 rings (SSSR count). The van der Waals surface area contributed by atoms with Gasteiger partial charge in [-0.25, -0.2) is 0 Å². The first kappa shape index (κ1) is 23.6. The zero-order valence-electron chi connectivity index (χ0n) is 18.7. The Hall–Kier alpha value is -1.64. The summed E-state index contributed by atoms with van der Waals surface area (Å²) in [6.07, 6.45) is 1.37. The van der Waals surface area contributed by atoms with Crippen LogP contribution in [0.25, 0.3) is 0 Å². The van der Waals surface area contributed by atoms with Gasteiger partial charge >= 0.3 is 0 Å². The predicted octanol–water partition coefficient (Wildman–Crippen LogP) is 2.82. The third kappa shape index (κ3) is 5.29. The van der Waals surface area contributed by atoms with Crippen LogP contribution in [-0.4, -0.2) is 57.2 Å². The molecule has 1 amide bonds. The van der Waals surface area contributed by atoms with Gasteiger partial charge in [-0.1, -0.05) is 13.8 Å². The lowest BCUT2D eigenvalue weighted by molar-refractivity contribution is -0.126. The van der Waals surface area contributed by atoms with Crippen molar-refractivity contribution < 1.29 is 17.9 Å². The fourth-order valence-electron chi connectivity index (χ4n) is 3.82.